The molecule has 0 fully saturated rings. The van der Waals surface area contributed by atoms with E-state index in [-0.39, 0.29) is 5.91 Å². The van der Waals surface area contributed by atoms with Gasteiger partial charge in [-0.2, -0.15) is 5.10 Å². The van der Waals surface area contributed by atoms with E-state index in [2.05, 4.69) is 10.2 Å². The van der Waals surface area contributed by atoms with Gasteiger partial charge >= 0.3 is 5.97 Å². The predicted octanol–water partition coefficient (Wildman–Crippen LogP) is 1.39. The summed E-state index contributed by atoms with van der Waals surface area (Å²) in [5.41, 5.74) is 2.01. The Labute approximate surface area is 125 Å². The van der Waals surface area contributed by atoms with Crippen molar-refractivity contribution in [2.45, 2.75) is 19.4 Å². The number of hydrogen-bond donors (Lipinski definition) is 1. The van der Waals surface area contributed by atoms with Crippen LogP contribution in [0.4, 0.5) is 0 Å². The predicted molar refractivity (Wildman–Crippen MR) is 77.1 cm³/mol. The SMILES string of the molecule is COC(=O)c1n[nH]c2c1CCN(C(=O)Cc1cccs1)C2. The van der Waals surface area contributed by atoms with Crippen LogP contribution in [0.5, 0.6) is 0 Å². The lowest BCUT2D eigenvalue weighted by Crippen LogP contribution is -2.37. The molecule has 0 saturated heterocycles. The summed E-state index contributed by atoms with van der Waals surface area (Å²) in [5, 5.41) is 8.81. The number of carbonyl (C=O) groups is 2. The Bertz CT molecular complexity index is 663. The Hall–Kier alpha value is -2.15. The summed E-state index contributed by atoms with van der Waals surface area (Å²) in [6.45, 7) is 1.06. The minimum atomic E-state index is -0.439. The molecule has 0 spiro atoms. The molecule has 0 radical (unpaired) electrons. The fourth-order valence-corrected chi connectivity index (χ4v) is 3.17. The molecule has 0 saturated carbocycles. The largest absolute Gasteiger partial charge is 0.464 e. The first kappa shape index (κ1) is 13.8. The van der Waals surface area contributed by atoms with Crippen molar-refractivity contribution in [2.24, 2.45) is 0 Å². The first-order valence-electron chi connectivity index (χ1n) is 6.63. The summed E-state index contributed by atoms with van der Waals surface area (Å²) in [6.07, 6.45) is 1.04. The van der Waals surface area contributed by atoms with Crippen molar-refractivity contribution >= 4 is 23.2 Å². The van der Waals surface area contributed by atoms with Crippen LogP contribution in [0, 0.1) is 0 Å². The van der Waals surface area contributed by atoms with Crippen LogP contribution in [0.15, 0.2) is 17.5 Å². The van der Waals surface area contributed by atoms with Gasteiger partial charge in [0.1, 0.15) is 0 Å². The second-order valence-corrected chi connectivity index (χ2v) is 5.87. The van der Waals surface area contributed by atoms with E-state index in [0.717, 1.165) is 16.1 Å². The van der Waals surface area contributed by atoms with Crippen LogP contribution in [0.3, 0.4) is 0 Å². The number of nitrogens with one attached hydrogen (secondary N) is 1. The molecule has 0 unspecified atom stereocenters. The van der Waals surface area contributed by atoms with Crippen LogP contribution in [0.1, 0.15) is 26.6 Å². The zero-order valence-electron chi connectivity index (χ0n) is 11.6. The highest BCUT2D eigenvalue weighted by atomic mass is 32.1. The Balaban J connectivity index is 1.71. The van der Waals surface area contributed by atoms with Crippen molar-refractivity contribution in [1.82, 2.24) is 15.1 Å². The lowest BCUT2D eigenvalue weighted by atomic mass is 10.0. The van der Waals surface area contributed by atoms with Gasteiger partial charge in [-0.15, -0.1) is 11.3 Å². The van der Waals surface area contributed by atoms with Crippen LogP contribution < -0.4 is 0 Å². The Morgan fingerprint density at radius 3 is 3.10 bits per heavy atom. The highest BCUT2D eigenvalue weighted by Crippen LogP contribution is 2.22. The molecule has 1 aliphatic heterocycles. The topological polar surface area (TPSA) is 75.3 Å². The third-order valence-corrected chi connectivity index (χ3v) is 4.45. The molecule has 3 heterocycles. The fraction of sp³-hybridized carbons (Fsp3) is 0.357. The maximum absolute atomic E-state index is 12.3. The normalized spacial score (nSPS) is 13.9. The lowest BCUT2D eigenvalue weighted by Gasteiger charge is -2.26. The summed E-state index contributed by atoms with van der Waals surface area (Å²) in [4.78, 5) is 26.7. The van der Waals surface area contributed by atoms with Gasteiger partial charge in [0.25, 0.3) is 0 Å². The number of ether oxygens (including phenoxy) is 1. The van der Waals surface area contributed by atoms with E-state index in [0.29, 0.717) is 31.6 Å². The number of thiophene rings is 1. The van der Waals surface area contributed by atoms with Gasteiger partial charge in [-0.3, -0.25) is 9.89 Å². The number of carbonyl (C=O) groups excluding carboxylic acids is 2. The zero-order chi connectivity index (χ0) is 14.8. The number of esters is 1. The van der Waals surface area contributed by atoms with Crippen molar-refractivity contribution in [3.8, 4) is 0 Å². The van der Waals surface area contributed by atoms with Crippen molar-refractivity contribution in [3.05, 3.63) is 39.3 Å². The van der Waals surface area contributed by atoms with E-state index < -0.39 is 5.97 Å². The number of aromatic amines is 1. The summed E-state index contributed by atoms with van der Waals surface area (Å²) in [6, 6.07) is 3.91. The number of rotatable bonds is 3. The van der Waals surface area contributed by atoms with E-state index in [1.807, 2.05) is 17.5 Å². The van der Waals surface area contributed by atoms with Gasteiger partial charge in [0.05, 0.1) is 25.8 Å². The van der Waals surface area contributed by atoms with Crippen LogP contribution >= 0.6 is 11.3 Å². The monoisotopic (exact) mass is 305 g/mol. The summed E-state index contributed by atoms with van der Waals surface area (Å²) < 4.78 is 4.70. The van der Waals surface area contributed by atoms with Gasteiger partial charge in [0.2, 0.25) is 5.91 Å². The first-order valence-corrected chi connectivity index (χ1v) is 7.51. The highest BCUT2D eigenvalue weighted by Gasteiger charge is 2.27. The molecule has 0 aliphatic carbocycles. The van der Waals surface area contributed by atoms with Gasteiger partial charge < -0.3 is 9.64 Å². The first-order chi connectivity index (χ1) is 10.2. The van der Waals surface area contributed by atoms with Crippen molar-refractivity contribution in [1.29, 1.82) is 0 Å². The third-order valence-electron chi connectivity index (χ3n) is 3.57. The minimum Gasteiger partial charge on any atom is -0.464 e. The molecule has 1 aliphatic rings. The summed E-state index contributed by atoms with van der Waals surface area (Å²) in [5.74, 6) is -0.344. The maximum Gasteiger partial charge on any atom is 0.358 e. The number of methoxy groups -OCH3 is 1. The Morgan fingerprint density at radius 2 is 2.38 bits per heavy atom. The maximum atomic E-state index is 12.3. The van der Waals surface area contributed by atoms with Gasteiger partial charge in [-0.05, 0) is 17.9 Å². The highest BCUT2D eigenvalue weighted by molar-refractivity contribution is 7.10. The molecule has 0 atom stereocenters. The molecule has 7 heteroatoms. The van der Waals surface area contributed by atoms with E-state index in [1.165, 1.54) is 7.11 Å². The average Bonchev–Trinajstić information content (AvgIpc) is 3.14. The zero-order valence-corrected chi connectivity index (χ0v) is 12.4. The number of fused-ring (bicyclic) bond motifs is 1. The van der Waals surface area contributed by atoms with Crippen LogP contribution in [-0.2, 0) is 28.9 Å². The van der Waals surface area contributed by atoms with E-state index in [4.69, 9.17) is 4.74 Å². The minimum absolute atomic E-state index is 0.0947. The quantitative estimate of drug-likeness (QED) is 0.869. The Morgan fingerprint density at radius 1 is 1.52 bits per heavy atom. The molecule has 1 N–H and O–H groups in total. The Kier molecular flexibility index (Phi) is 3.74. The van der Waals surface area contributed by atoms with Crippen molar-refractivity contribution < 1.29 is 14.3 Å². The number of nitrogens with zero attached hydrogens (tertiary/aromatic N) is 2. The molecule has 3 rings (SSSR count). The lowest BCUT2D eigenvalue weighted by molar-refractivity contribution is -0.131. The standard InChI is InChI=1S/C14H15N3O3S/c1-20-14(19)13-10-4-5-17(8-11(10)15-16-13)12(18)7-9-3-2-6-21-9/h2-3,6H,4-5,7-8H2,1H3,(H,15,16). The second kappa shape index (κ2) is 5.69. The number of H-pyrrole nitrogens is 1. The van der Waals surface area contributed by atoms with E-state index in [9.17, 15) is 9.59 Å². The summed E-state index contributed by atoms with van der Waals surface area (Å²) in [7, 11) is 1.34. The van der Waals surface area contributed by atoms with Crippen molar-refractivity contribution in [3.63, 3.8) is 0 Å². The molecule has 110 valence electrons. The van der Waals surface area contributed by atoms with Crippen LogP contribution in [0.25, 0.3) is 0 Å². The van der Waals surface area contributed by atoms with Gasteiger partial charge in [0.15, 0.2) is 5.69 Å². The van der Waals surface area contributed by atoms with Crippen LogP contribution in [0.2, 0.25) is 0 Å². The third kappa shape index (κ3) is 2.69. The van der Waals surface area contributed by atoms with E-state index in [1.54, 1.807) is 16.2 Å². The van der Waals surface area contributed by atoms with E-state index >= 15 is 0 Å². The fourth-order valence-electron chi connectivity index (χ4n) is 2.47. The smallest absolute Gasteiger partial charge is 0.358 e. The molecule has 2 aromatic heterocycles. The molecule has 2 aromatic rings. The average molecular weight is 305 g/mol. The van der Waals surface area contributed by atoms with Crippen LogP contribution in [-0.4, -0.2) is 40.6 Å². The number of hydrogen-bond acceptors (Lipinski definition) is 5. The number of aromatic nitrogens is 2. The molecule has 1 amide bonds. The van der Waals surface area contributed by atoms with Crippen molar-refractivity contribution in [2.75, 3.05) is 13.7 Å². The molecule has 6 nitrogen and oxygen atoms in total. The molecular formula is C14H15N3O3S. The van der Waals surface area contributed by atoms with Gasteiger partial charge in [-0.25, -0.2) is 4.79 Å². The summed E-state index contributed by atoms with van der Waals surface area (Å²) >= 11 is 1.58. The molecular weight excluding hydrogens is 290 g/mol. The molecule has 0 aromatic carbocycles. The van der Waals surface area contributed by atoms with Gasteiger partial charge in [-0.1, -0.05) is 6.07 Å². The molecule has 21 heavy (non-hydrogen) atoms. The second-order valence-electron chi connectivity index (χ2n) is 4.84. The van der Waals surface area contributed by atoms with Gasteiger partial charge in [0, 0.05) is 17.0 Å². The molecule has 0 bridgehead atoms. The number of amides is 1.